The SMILES string of the molecule is COc1ccc(CCC(=O)NCc2ccc(CN3CCC(O)CC3)cc2)c(OC)c1OC. The largest absolute Gasteiger partial charge is 0.493 e. The summed E-state index contributed by atoms with van der Waals surface area (Å²) in [6.45, 7) is 3.26. The van der Waals surface area contributed by atoms with Crippen LogP contribution in [0.5, 0.6) is 17.2 Å². The van der Waals surface area contributed by atoms with E-state index < -0.39 is 0 Å². The number of nitrogens with zero attached hydrogens (tertiary/aromatic N) is 1. The molecule has 7 heteroatoms. The van der Waals surface area contributed by atoms with Crippen LogP contribution in [-0.4, -0.2) is 56.4 Å². The van der Waals surface area contributed by atoms with E-state index in [1.54, 1.807) is 21.3 Å². The molecule has 2 aromatic rings. The molecule has 1 aliphatic heterocycles. The Hall–Kier alpha value is -2.77. The van der Waals surface area contributed by atoms with Crippen molar-refractivity contribution in [3.05, 3.63) is 53.1 Å². The highest BCUT2D eigenvalue weighted by Gasteiger charge is 2.17. The third kappa shape index (κ3) is 6.37. The van der Waals surface area contributed by atoms with Crippen LogP contribution in [0, 0.1) is 0 Å². The highest BCUT2D eigenvalue weighted by Crippen LogP contribution is 2.40. The lowest BCUT2D eigenvalue weighted by atomic mass is 10.1. The minimum Gasteiger partial charge on any atom is -0.493 e. The topological polar surface area (TPSA) is 80.3 Å². The summed E-state index contributed by atoms with van der Waals surface area (Å²) in [5, 5.41) is 12.6. The van der Waals surface area contributed by atoms with Crippen LogP contribution in [0.1, 0.15) is 36.0 Å². The first-order valence-corrected chi connectivity index (χ1v) is 11.1. The summed E-state index contributed by atoms with van der Waals surface area (Å²) >= 11 is 0. The van der Waals surface area contributed by atoms with E-state index in [0.717, 1.165) is 43.6 Å². The van der Waals surface area contributed by atoms with Crippen molar-refractivity contribution in [2.75, 3.05) is 34.4 Å². The van der Waals surface area contributed by atoms with Gasteiger partial charge in [-0.15, -0.1) is 0 Å². The molecule has 1 fully saturated rings. The maximum atomic E-state index is 12.4. The van der Waals surface area contributed by atoms with E-state index in [1.165, 1.54) is 5.56 Å². The molecule has 0 aromatic heterocycles. The first-order valence-electron chi connectivity index (χ1n) is 11.1. The molecule has 7 nitrogen and oxygen atoms in total. The number of amides is 1. The summed E-state index contributed by atoms with van der Waals surface area (Å²) in [6, 6.07) is 12.1. The molecule has 0 radical (unpaired) electrons. The fourth-order valence-corrected chi connectivity index (χ4v) is 4.00. The number of methoxy groups -OCH3 is 3. The van der Waals surface area contributed by atoms with Gasteiger partial charge in [-0.2, -0.15) is 0 Å². The van der Waals surface area contributed by atoms with E-state index in [9.17, 15) is 9.90 Å². The quantitative estimate of drug-likeness (QED) is 0.589. The van der Waals surface area contributed by atoms with Gasteiger partial charge in [0.2, 0.25) is 11.7 Å². The van der Waals surface area contributed by atoms with Crippen LogP contribution in [0.25, 0.3) is 0 Å². The van der Waals surface area contributed by atoms with Gasteiger partial charge in [-0.3, -0.25) is 9.69 Å². The molecule has 1 amide bonds. The average Bonchev–Trinajstić information content (AvgIpc) is 2.82. The van der Waals surface area contributed by atoms with Gasteiger partial charge < -0.3 is 24.6 Å². The number of aliphatic hydroxyl groups is 1. The first-order chi connectivity index (χ1) is 15.5. The van der Waals surface area contributed by atoms with Gasteiger partial charge in [0.15, 0.2) is 11.5 Å². The minimum absolute atomic E-state index is 0.0159. The third-order valence-electron chi connectivity index (χ3n) is 5.88. The van der Waals surface area contributed by atoms with Crippen molar-refractivity contribution in [2.45, 2.75) is 44.9 Å². The molecule has 0 spiro atoms. The number of carbonyl (C=O) groups is 1. The molecule has 2 N–H and O–H groups in total. The van der Waals surface area contributed by atoms with E-state index in [0.29, 0.717) is 36.6 Å². The lowest BCUT2D eigenvalue weighted by Crippen LogP contribution is -2.35. The number of ether oxygens (including phenoxy) is 3. The van der Waals surface area contributed by atoms with Gasteiger partial charge in [0.25, 0.3) is 0 Å². The van der Waals surface area contributed by atoms with Crippen molar-refractivity contribution in [1.82, 2.24) is 10.2 Å². The molecule has 1 heterocycles. The number of nitrogens with one attached hydrogen (secondary N) is 1. The van der Waals surface area contributed by atoms with Gasteiger partial charge in [0.1, 0.15) is 0 Å². The number of benzene rings is 2. The zero-order valence-electron chi connectivity index (χ0n) is 19.2. The Labute approximate surface area is 190 Å². The average molecular weight is 443 g/mol. The summed E-state index contributed by atoms with van der Waals surface area (Å²) in [4.78, 5) is 14.8. The summed E-state index contributed by atoms with van der Waals surface area (Å²) in [5.74, 6) is 1.71. The van der Waals surface area contributed by atoms with Gasteiger partial charge in [-0.1, -0.05) is 30.3 Å². The van der Waals surface area contributed by atoms with Crippen molar-refractivity contribution in [3.63, 3.8) is 0 Å². The Balaban J connectivity index is 1.47. The molecule has 0 aliphatic carbocycles. The van der Waals surface area contributed by atoms with Crippen LogP contribution in [0.3, 0.4) is 0 Å². The Morgan fingerprint density at radius 3 is 2.25 bits per heavy atom. The number of hydrogen-bond acceptors (Lipinski definition) is 6. The fourth-order valence-electron chi connectivity index (χ4n) is 4.00. The Kier molecular flexibility index (Phi) is 8.76. The predicted molar refractivity (Wildman–Crippen MR) is 123 cm³/mol. The number of likely N-dealkylation sites (tertiary alicyclic amines) is 1. The summed E-state index contributed by atoms with van der Waals surface area (Å²) in [7, 11) is 4.73. The fraction of sp³-hybridized carbons (Fsp3) is 0.480. The molecule has 0 unspecified atom stereocenters. The van der Waals surface area contributed by atoms with Gasteiger partial charge in [0.05, 0.1) is 27.4 Å². The van der Waals surface area contributed by atoms with Crippen LogP contribution in [0.4, 0.5) is 0 Å². The molecule has 3 rings (SSSR count). The second-order valence-corrected chi connectivity index (χ2v) is 8.09. The van der Waals surface area contributed by atoms with Crippen molar-refractivity contribution >= 4 is 5.91 Å². The monoisotopic (exact) mass is 442 g/mol. The molecule has 1 saturated heterocycles. The normalized spacial score (nSPS) is 14.8. The van der Waals surface area contributed by atoms with Crippen molar-refractivity contribution in [2.24, 2.45) is 0 Å². The van der Waals surface area contributed by atoms with Crippen molar-refractivity contribution in [1.29, 1.82) is 0 Å². The molecular formula is C25H34N2O5. The molecule has 174 valence electrons. The maximum Gasteiger partial charge on any atom is 0.220 e. The zero-order valence-corrected chi connectivity index (χ0v) is 19.2. The van der Waals surface area contributed by atoms with Crippen LogP contribution >= 0.6 is 0 Å². The number of aryl methyl sites for hydroxylation is 1. The number of carbonyl (C=O) groups excluding carboxylic acids is 1. The molecule has 0 bridgehead atoms. The minimum atomic E-state index is -0.148. The lowest BCUT2D eigenvalue weighted by Gasteiger charge is -2.29. The number of piperidine rings is 1. The number of hydrogen-bond donors (Lipinski definition) is 2. The van der Waals surface area contributed by atoms with Crippen LogP contribution in [0.2, 0.25) is 0 Å². The van der Waals surface area contributed by atoms with E-state index in [1.807, 2.05) is 12.1 Å². The van der Waals surface area contributed by atoms with Crippen LogP contribution < -0.4 is 19.5 Å². The zero-order chi connectivity index (χ0) is 22.9. The summed E-state index contributed by atoms with van der Waals surface area (Å²) < 4.78 is 16.2. The smallest absolute Gasteiger partial charge is 0.220 e. The number of rotatable bonds is 10. The molecular weight excluding hydrogens is 408 g/mol. The van der Waals surface area contributed by atoms with Crippen LogP contribution in [0.15, 0.2) is 36.4 Å². The van der Waals surface area contributed by atoms with Gasteiger partial charge in [0, 0.05) is 32.6 Å². The highest BCUT2D eigenvalue weighted by molar-refractivity contribution is 5.76. The van der Waals surface area contributed by atoms with Crippen molar-refractivity contribution < 1.29 is 24.1 Å². The second-order valence-electron chi connectivity index (χ2n) is 8.09. The molecule has 2 aromatic carbocycles. The van der Waals surface area contributed by atoms with E-state index in [2.05, 4.69) is 34.5 Å². The van der Waals surface area contributed by atoms with E-state index in [4.69, 9.17) is 14.2 Å². The Morgan fingerprint density at radius 2 is 1.62 bits per heavy atom. The highest BCUT2D eigenvalue weighted by atomic mass is 16.5. The Morgan fingerprint density at radius 1 is 0.969 bits per heavy atom. The van der Waals surface area contributed by atoms with E-state index in [-0.39, 0.29) is 12.0 Å². The van der Waals surface area contributed by atoms with Gasteiger partial charge in [-0.25, -0.2) is 0 Å². The molecule has 0 atom stereocenters. The van der Waals surface area contributed by atoms with Crippen molar-refractivity contribution in [3.8, 4) is 17.2 Å². The lowest BCUT2D eigenvalue weighted by molar-refractivity contribution is -0.121. The Bertz CT molecular complexity index is 877. The van der Waals surface area contributed by atoms with Gasteiger partial charge in [-0.05, 0) is 42.0 Å². The van der Waals surface area contributed by atoms with Crippen LogP contribution in [-0.2, 0) is 24.3 Å². The summed E-state index contributed by atoms with van der Waals surface area (Å²) in [5.41, 5.74) is 3.21. The third-order valence-corrected chi connectivity index (χ3v) is 5.88. The maximum absolute atomic E-state index is 12.4. The van der Waals surface area contributed by atoms with Gasteiger partial charge >= 0.3 is 0 Å². The predicted octanol–water partition coefficient (Wildman–Crippen LogP) is 2.92. The molecule has 1 aliphatic rings. The first kappa shape index (κ1) is 23.9. The van der Waals surface area contributed by atoms with E-state index >= 15 is 0 Å². The second kappa shape index (κ2) is 11.7. The standard InChI is InChI=1S/C25H34N2O5/c1-30-22-10-8-20(24(31-2)25(22)32-3)9-11-23(29)26-16-18-4-6-19(7-5-18)17-27-14-12-21(28)13-15-27/h4-8,10,21,28H,9,11-17H2,1-3H3,(H,26,29). The molecule has 32 heavy (non-hydrogen) atoms. The molecule has 0 saturated carbocycles. The number of aliphatic hydroxyl groups excluding tert-OH is 1. The summed E-state index contributed by atoms with van der Waals surface area (Å²) in [6.07, 6.45) is 2.44.